The summed E-state index contributed by atoms with van der Waals surface area (Å²) < 4.78 is 0. The molecule has 3 rings (SSSR count). The summed E-state index contributed by atoms with van der Waals surface area (Å²) >= 11 is 0. The number of aryl methyl sites for hydroxylation is 2. The van der Waals surface area contributed by atoms with Gasteiger partial charge < -0.3 is 11.1 Å². The van der Waals surface area contributed by atoms with E-state index in [-0.39, 0.29) is 11.8 Å². The lowest BCUT2D eigenvalue weighted by Crippen LogP contribution is -2.40. The molecule has 2 aromatic rings. The van der Waals surface area contributed by atoms with Crippen molar-refractivity contribution in [3.63, 3.8) is 0 Å². The number of carbonyl (C=O) groups excluding carboxylic acids is 2. The van der Waals surface area contributed by atoms with Crippen LogP contribution in [0.4, 0.5) is 5.69 Å². The quantitative estimate of drug-likeness (QED) is 0.762. The first-order chi connectivity index (χ1) is 13.4. The van der Waals surface area contributed by atoms with Crippen LogP contribution in [-0.4, -0.2) is 16.8 Å². The Bertz CT molecular complexity index is 832. The maximum atomic E-state index is 12.8. The fourth-order valence-electron chi connectivity index (χ4n) is 4.27. The maximum absolute atomic E-state index is 12.8. The minimum atomic E-state index is -0.769. The van der Waals surface area contributed by atoms with Gasteiger partial charge in [-0.05, 0) is 67.9 Å². The summed E-state index contributed by atoms with van der Waals surface area (Å²) in [6.07, 6.45) is 5.64. The molecule has 1 saturated carbocycles. The zero-order valence-electron chi connectivity index (χ0n) is 16.9. The molecule has 1 aromatic heterocycles. The van der Waals surface area contributed by atoms with Crippen molar-refractivity contribution in [2.45, 2.75) is 46.5 Å². The lowest BCUT2D eigenvalue weighted by atomic mass is 9.75. The van der Waals surface area contributed by atoms with Gasteiger partial charge in [-0.3, -0.25) is 14.6 Å². The van der Waals surface area contributed by atoms with E-state index < -0.39 is 11.8 Å². The Hall–Kier alpha value is -2.69. The smallest absolute Gasteiger partial charge is 0.237 e. The van der Waals surface area contributed by atoms with Crippen LogP contribution in [0.25, 0.3) is 11.1 Å². The van der Waals surface area contributed by atoms with E-state index in [1.807, 2.05) is 37.3 Å². The molecule has 1 heterocycles. The number of anilines is 1. The van der Waals surface area contributed by atoms with Gasteiger partial charge in [-0.15, -0.1) is 0 Å². The Morgan fingerprint density at radius 2 is 1.71 bits per heavy atom. The second-order valence-corrected chi connectivity index (χ2v) is 8.05. The third-order valence-electron chi connectivity index (χ3n) is 5.91. The van der Waals surface area contributed by atoms with Gasteiger partial charge in [0, 0.05) is 23.1 Å². The number of benzene rings is 1. The topological polar surface area (TPSA) is 85.1 Å². The largest absolute Gasteiger partial charge is 0.369 e. The number of nitrogens with two attached hydrogens (primary N) is 1. The number of hydrogen-bond donors (Lipinski definition) is 2. The fourth-order valence-corrected chi connectivity index (χ4v) is 4.27. The lowest BCUT2D eigenvalue weighted by molar-refractivity contribution is -0.133. The highest BCUT2D eigenvalue weighted by Crippen LogP contribution is 2.34. The second-order valence-electron chi connectivity index (χ2n) is 8.05. The molecule has 5 nitrogen and oxygen atoms in total. The predicted molar refractivity (Wildman–Crippen MR) is 112 cm³/mol. The molecule has 1 aromatic carbocycles. The molecule has 2 amide bonds. The summed E-state index contributed by atoms with van der Waals surface area (Å²) in [5.41, 5.74) is 10.5. The molecular formula is C23H29N3O2. The molecule has 1 aliphatic carbocycles. The van der Waals surface area contributed by atoms with Crippen molar-refractivity contribution in [3.8, 4) is 11.1 Å². The van der Waals surface area contributed by atoms with E-state index in [9.17, 15) is 9.59 Å². The van der Waals surface area contributed by atoms with Gasteiger partial charge in [-0.2, -0.15) is 0 Å². The zero-order chi connectivity index (χ0) is 20.3. The molecule has 5 heteroatoms. The van der Waals surface area contributed by atoms with Gasteiger partial charge in [-0.25, -0.2) is 0 Å². The summed E-state index contributed by atoms with van der Waals surface area (Å²) in [5.74, 6) is -0.910. The van der Waals surface area contributed by atoms with E-state index in [4.69, 9.17) is 5.73 Å². The third-order valence-corrected chi connectivity index (χ3v) is 5.91. The van der Waals surface area contributed by atoms with Gasteiger partial charge in [0.15, 0.2) is 0 Å². The van der Waals surface area contributed by atoms with Crippen LogP contribution in [0, 0.1) is 31.6 Å². The number of nitrogens with zero attached hydrogens (tertiary/aromatic N) is 1. The van der Waals surface area contributed by atoms with E-state index in [0.29, 0.717) is 11.6 Å². The molecule has 1 fully saturated rings. The van der Waals surface area contributed by atoms with Gasteiger partial charge in [0.25, 0.3) is 0 Å². The molecule has 3 N–H and O–H groups in total. The number of carbonyl (C=O) groups is 2. The van der Waals surface area contributed by atoms with Crippen LogP contribution in [-0.2, 0) is 9.59 Å². The van der Waals surface area contributed by atoms with Crippen molar-refractivity contribution >= 4 is 17.5 Å². The highest BCUT2D eigenvalue weighted by Gasteiger charge is 2.35. The number of nitrogens with one attached hydrogen (secondary N) is 1. The molecular weight excluding hydrogens is 350 g/mol. The SMILES string of the molecule is Cc1ccnc(C)c1-c1ccc(NC(=O)C(C(N)=O)C2CCC(C)CC2)cc1. The van der Waals surface area contributed by atoms with Gasteiger partial charge in [0.2, 0.25) is 11.8 Å². The van der Waals surface area contributed by atoms with Crippen LogP contribution in [0.5, 0.6) is 0 Å². The molecule has 1 aliphatic rings. The minimum Gasteiger partial charge on any atom is -0.369 e. The standard InChI is InChI=1S/C23H29N3O2/c1-14-4-6-18(7-5-14)21(22(24)27)23(28)26-19-10-8-17(9-11-19)20-15(2)12-13-25-16(20)3/h8-14,18,21H,4-7H2,1-3H3,(H2,24,27)(H,26,28). The number of hydrogen-bond acceptors (Lipinski definition) is 3. The van der Waals surface area contributed by atoms with Crippen molar-refractivity contribution in [1.82, 2.24) is 4.98 Å². The summed E-state index contributed by atoms with van der Waals surface area (Å²) in [6.45, 7) is 6.26. The first-order valence-corrected chi connectivity index (χ1v) is 9.99. The maximum Gasteiger partial charge on any atom is 0.237 e. The molecule has 0 saturated heterocycles. The van der Waals surface area contributed by atoms with Crippen molar-refractivity contribution < 1.29 is 9.59 Å². The van der Waals surface area contributed by atoms with Gasteiger partial charge in [0.1, 0.15) is 5.92 Å². The highest BCUT2D eigenvalue weighted by molar-refractivity contribution is 6.06. The Morgan fingerprint density at radius 3 is 2.29 bits per heavy atom. The number of rotatable bonds is 5. The van der Waals surface area contributed by atoms with E-state index >= 15 is 0 Å². The molecule has 28 heavy (non-hydrogen) atoms. The summed E-state index contributed by atoms with van der Waals surface area (Å²) in [6, 6.07) is 9.64. The summed E-state index contributed by atoms with van der Waals surface area (Å²) in [5, 5.41) is 2.88. The number of pyridine rings is 1. The number of amides is 2. The van der Waals surface area contributed by atoms with Crippen LogP contribution in [0.2, 0.25) is 0 Å². The average molecular weight is 380 g/mol. The number of primary amides is 1. The van der Waals surface area contributed by atoms with Gasteiger partial charge in [-0.1, -0.05) is 31.9 Å². The predicted octanol–water partition coefficient (Wildman–Crippen LogP) is 4.23. The molecule has 0 bridgehead atoms. The third kappa shape index (κ3) is 4.41. The molecule has 1 atom stereocenters. The van der Waals surface area contributed by atoms with Crippen LogP contribution in [0.3, 0.4) is 0 Å². The molecule has 0 radical (unpaired) electrons. The number of aromatic nitrogens is 1. The first-order valence-electron chi connectivity index (χ1n) is 9.99. The van der Waals surface area contributed by atoms with E-state index in [2.05, 4.69) is 24.1 Å². The van der Waals surface area contributed by atoms with E-state index in [0.717, 1.165) is 48.1 Å². The lowest BCUT2D eigenvalue weighted by Gasteiger charge is -2.30. The minimum absolute atomic E-state index is 0.0358. The van der Waals surface area contributed by atoms with Crippen LogP contribution in [0.1, 0.15) is 43.9 Å². The fraction of sp³-hybridized carbons (Fsp3) is 0.435. The van der Waals surface area contributed by atoms with Gasteiger partial charge >= 0.3 is 0 Å². The normalized spacial score (nSPS) is 20.4. The van der Waals surface area contributed by atoms with Crippen molar-refractivity contribution in [2.75, 3.05) is 5.32 Å². The molecule has 148 valence electrons. The summed E-state index contributed by atoms with van der Waals surface area (Å²) in [7, 11) is 0. The van der Waals surface area contributed by atoms with E-state index in [1.165, 1.54) is 0 Å². The molecule has 0 spiro atoms. The summed E-state index contributed by atoms with van der Waals surface area (Å²) in [4.78, 5) is 29.1. The van der Waals surface area contributed by atoms with Crippen LogP contribution >= 0.6 is 0 Å². The second kappa shape index (κ2) is 8.55. The Morgan fingerprint density at radius 1 is 1.07 bits per heavy atom. The molecule has 1 unspecified atom stereocenters. The monoisotopic (exact) mass is 379 g/mol. The van der Waals surface area contributed by atoms with Crippen molar-refractivity contribution in [3.05, 3.63) is 47.8 Å². The van der Waals surface area contributed by atoms with Crippen LogP contribution in [0.15, 0.2) is 36.5 Å². The van der Waals surface area contributed by atoms with Crippen molar-refractivity contribution in [1.29, 1.82) is 0 Å². The van der Waals surface area contributed by atoms with E-state index in [1.54, 1.807) is 6.20 Å². The Kier molecular flexibility index (Phi) is 6.12. The first kappa shape index (κ1) is 20.1. The average Bonchev–Trinajstić information content (AvgIpc) is 2.64. The van der Waals surface area contributed by atoms with Crippen molar-refractivity contribution in [2.24, 2.45) is 23.5 Å². The Labute approximate surface area is 166 Å². The van der Waals surface area contributed by atoms with Crippen LogP contribution < -0.4 is 11.1 Å². The molecule has 0 aliphatic heterocycles. The zero-order valence-corrected chi connectivity index (χ0v) is 16.9. The Balaban J connectivity index is 1.73. The highest BCUT2D eigenvalue weighted by atomic mass is 16.2. The van der Waals surface area contributed by atoms with Gasteiger partial charge in [0.05, 0.1) is 0 Å².